The highest BCUT2D eigenvalue weighted by molar-refractivity contribution is 4.77. The maximum atomic E-state index is 12.2. The molecule has 6 heteroatoms. The highest BCUT2D eigenvalue weighted by Crippen LogP contribution is 2.17. The van der Waals surface area contributed by atoms with Crippen LogP contribution in [0.1, 0.15) is 20.3 Å². The number of rotatable bonds is 5. The first-order valence-corrected chi connectivity index (χ1v) is 6.53. The van der Waals surface area contributed by atoms with Crippen molar-refractivity contribution in [1.29, 1.82) is 0 Å². The predicted molar refractivity (Wildman–Crippen MR) is 66.4 cm³/mol. The monoisotopic (exact) mass is 267 g/mol. The molecule has 3 nitrogen and oxygen atoms in total. The molecule has 0 amide bonds. The Balaban J connectivity index is 2.23. The summed E-state index contributed by atoms with van der Waals surface area (Å²) in [5, 5.41) is 0. The molecule has 1 heterocycles. The third-order valence-corrected chi connectivity index (χ3v) is 3.13. The van der Waals surface area contributed by atoms with Gasteiger partial charge in [0.2, 0.25) is 0 Å². The number of nitrogens with zero attached hydrogens (tertiary/aromatic N) is 2. The first-order chi connectivity index (χ1) is 8.26. The second-order valence-electron chi connectivity index (χ2n) is 5.58. The second kappa shape index (κ2) is 6.73. The summed E-state index contributed by atoms with van der Waals surface area (Å²) < 4.78 is 36.6. The Labute approximate surface area is 107 Å². The van der Waals surface area contributed by atoms with Crippen molar-refractivity contribution in [2.24, 2.45) is 11.7 Å². The van der Waals surface area contributed by atoms with Crippen LogP contribution < -0.4 is 5.73 Å². The van der Waals surface area contributed by atoms with Gasteiger partial charge in [-0.2, -0.15) is 13.2 Å². The Morgan fingerprint density at radius 1 is 1.06 bits per heavy atom. The van der Waals surface area contributed by atoms with Gasteiger partial charge in [-0.25, -0.2) is 0 Å². The van der Waals surface area contributed by atoms with Gasteiger partial charge in [0, 0.05) is 38.8 Å². The zero-order valence-electron chi connectivity index (χ0n) is 11.2. The number of hydrogen-bond acceptors (Lipinski definition) is 3. The van der Waals surface area contributed by atoms with Crippen LogP contribution in [0.25, 0.3) is 0 Å². The minimum atomic E-state index is -4.09. The lowest BCUT2D eigenvalue weighted by Gasteiger charge is -2.36. The molecular weight excluding hydrogens is 243 g/mol. The van der Waals surface area contributed by atoms with Gasteiger partial charge in [-0.15, -0.1) is 0 Å². The summed E-state index contributed by atoms with van der Waals surface area (Å²) >= 11 is 0. The molecule has 1 aliphatic heterocycles. The lowest BCUT2D eigenvalue weighted by atomic mass is 10.0. The molecule has 1 rings (SSSR count). The van der Waals surface area contributed by atoms with Crippen molar-refractivity contribution in [2.45, 2.75) is 32.5 Å². The Kier molecular flexibility index (Phi) is 5.88. The fourth-order valence-electron chi connectivity index (χ4n) is 2.40. The standard InChI is InChI=1S/C12H24F3N3/c1-10(2)7-11(16)8-17-3-5-18(6-4-17)9-12(13,14)15/h10-11H,3-9,16H2,1-2H3. The molecule has 18 heavy (non-hydrogen) atoms. The van der Waals surface area contributed by atoms with Crippen LogP contribution in [0.2, 0.25) is 0 Å². The van der Waals surface area contributed by atoms with E-state index in [0.29, 0.717) is 32.1 Å². The minimum absolute atomic E-state index is 0.124. The lowest BCUT2D eigenvalue weighted by Crippen LogP contribution is -2.51. The Morgan fingerprint density at radius 3 is 2.00 bits per heavy atom. The largest absolute Gasteiger partial charge is 0.401 e. The van der Waals surface area contributed by atoms with Crippen molar-refractivity contribution >= 4 is 0 Å². The van der Waals surface area contributed by atoms with Crippen molar-refractivity contribution in [2.75, 3.05) is 39.3 Å². The molecular formula is C12H24F3N3. The Morgan fingerprint density at radius 2 is 1.56 bits per heavy atom. The molecule has 2 N–H and O–H groups in total. The Bertz CT molecular complexity index is 235. The predicted octanol–water partition coefficient (Wildman–Crippen LogP) is 1.54. The first kappa shape index (κ1) is 15.7. The molecule has 0 radical (unpaired) electrons. The van der Waals surface area contributed by atoms with Crippen LogP contribution in [0, 0.1) is 5.92 Å². The van der Waals surface area contributed by atoms with Crippen molar-refractivity contribution in [3.8, 4) is 0 Å². The van der Waals surface area contributed by atoms with Crippen LogP contribution in [0.3, 0.4) is 0 Å². The lowest BCUT2D eigenvalue weighted by molar-refractivity contribution is -0.149. The number of nitrogens with two attached hydrogens (primary N) is 1. The quantitative estimate of drug-likeness (QED) is 0.820. The summed E-state index contributed by atoms with van der Waals surface area (Å²) in [7, 11) is 0. The van der Waals surface area contributed by atoms with Gasteiger partial charge >= 0.3 is 6.18 Å². The topological polar surface area (TPSA) is 32.5 Å². The van der Waals surface area contributed by atoms with Gasteiger partial charge in [-0.3, -0.25) is 9.80 Å². The molecule has 0 aromatic carbocycles. The highest BCUT2D eigenvalue weighted by atomic mass is 19.4. The summed E-state index contributed by atoms with van der Waals surface area (Å²) in [4.78, 5) is 3.63. The smallest absolute Gasteiger partial charge is 0.327 e. The van der Waals surface area contributed by atoms with Crippen LogP contribution in [0.15, 0.2) is 0 Å². The summed E-state index contributed by atoms with van der Waals surface area (Å²) in [6, 6.07) is 0.124. The van der Waals surface area contributed by atoms with Crippen molar-refractivity contribution in [3.05, 3.63) is 0 Å². The van der Waals surface area contributed by atoms with Crippen LogP contribution in [0.5, 0.6) is 0 Å². The third kappa shape index (κ3) is 6.56. The van der Waals surface area contributed by atoms with Crippen LogP contribution >= 0.6 is 0 Å². The van der Waals surface area contributed by atoms with Crippen LogP contribution in [-0.2, 0) is 0 Å². The molecule has 0 saturated carbocycles. The molecule has 0 spiro atoms. The second-order valence-corrected chi connectivity index (χ2v) is 5.58. The van der Waals surface area contributed by atoms with Gasteiger partial charge in [0.25, 0.3) is 0 Å². The summed E-state index contributed by atoms with van der Waals surface area (Å²) in [5.74, 6) is 0.562. The van der Waals surface area contributed by atoms with E-state index in [4.69, 9.17) is 5.73 Å². The molecule has 1 saturated heterocycles. The van der Waals surface area contributed by atoms with Crippen molar-refractivity contribution in [3.63, 3.8) is 0 Å². The number of piperazine rings is 1. The van der Waals surface area contributed by atoms with Crippen LogP contribution in [0.4, 0.5) is 13.2 Å². The first-order valence-electron chi connectivity index (χ1n) is 6.53. The minimum Gasteiger partial charge on any atom is -0.327 e. The van der Waals surface area contributed by atoms with Crippen LogP contribution in [-0.4, -0.2) is 61.3 Å². The fraction of sp³-hybridized carbons (Fsp3) is 1.00. The zero-order chi connectivity index (χ0) is 13.8. The highest BCUT2D eigenvalue weighted by Gasteiger charge is 2.32. The molecule has 1 unspecified atom stereocenters. The van der Waals surface area contributed by atoms with E-state index in [1.54, 1.807) is 0 Å². The van der Waals surface area contributed by atoms with E-state index >= 15 is 0 Å². The summed E-state index contributed by atoms with van der Waals surface area (Å²) in [5.41, 5.74) is 6.01. The zero-order valence-corrected chi connectivity index (χ0v) is 11.2. The van der Waals surface area contributed by atoms with Crippen molar-refractivity contribution in [1.82, 2.24) is 9.80 Å². The van der Waals surface area contributed by atoms with Gasteiger partial charge in [0.1, 0.15) is 0 Å². The van der Waals surface area contributed by atoms with Gasteiger partial charge in [-0.1, -0.05) is 13.8 Å². The third-order valence-electron chi connectivity index (χ3n) is 3.13. The van der Waals surface area contributed by atoms with E-state index in [-0.39, 0.29) is 6.04 Å². The maximum absolute atomic E-state index is 12.2. The molecule has 0 bridgehead atoms. The number of hydrogen-bond donors (Lipinski definition) is 1. The summed E-state index contributed by atoms with van der Waals surface area (Å²) in [6.45, 7) is 6.57. The van der Waals surface area contributed by atoms with Gasteiger partial charge in [-0.05, 0) is 12.3 Å². The van der Waals surface area contributed by atoms with E-state index in [9.17, 15) is 13.2 Å². The average Bonchev–Trinajstić information content (AvgIpc) is 2.17. The normalized spacial score (nSPS) is 21.5. The van der Waals surface area contributed by atoms with E-state index in [0.717, 1.165) is 13.0 Å². The maximum Gasteiger partial charge on any atom is 0.401 e. The molecule has 0 aliphatic carbocycles. The van der Waals surface area contributed by atoms with Crippen molar-refractivity contribution < 1.29 is 13.2 Å². The van der Waals surface area contributed by atoms with E-state index in [2.05, 4.69) is 18.7 Å². The van der Waals surface area contributed by atoms with E-state index in [1.807, 2.05) is 0 Å². The number of halogens is 3. The average molecular weight is 267 g/mol. The fourth-order valence-corrected chi connectivity index (χ4v) is 2.40. The molecule has 0 aromatic rings. The summed E-state index contributed by atoms with van der Waals surface area (Å²) in [6.07, 6.45) is -3.13. The number of alkyl halides is 3. The molecule has 1 fully saturated rings. The molecule has 0 aromatic heterocycles. The van der Waals surface area contributed by atoms with Gasteiger partial charge in [0.15, 0.2) is 0 Å². The molecule has 1 atom stereocenters. The van der Waals surface area contributed by atoms with Gasteiger partial charge < -0.3 is 5.73 Å². The molecule has 1 aliphatic rings. The molecule has 108 valence electrons. The van der Waals surface area contributed by atoms with E-state index < -0.39 is 12.7 Å². The Hall–Kier alpha value is -0.330. The van der Waals surface area contributed by atoms with Gasteiger partial charge in [0.05, 0.1) is 6.54 Å². The van der Waals surface area contributed by atoms with E-state index in [1.165, 1.54) is 4.90 Å². The SMILES string of the molecule is CC(C)CC(N)CN1CCN(CC(F)(F)F)CC1.